The highest BCUT2D eigenvalue weighted by Gasteiger charge is 2.41. The summed E-state index contributed by atoms with van der Waals surface area (Å²) in [5.74, 6) is -0.387. The second-order valence-electron chi connectivity index (χ2n) is 5.17. The van der Waals surface area contributed by atoms with E-state index in [1.165, 1.54) is 13.5 Å². The normalized spacial score (nSPS) is 25.4. The summed E-state index contributed by atoms with van der Waals surface area (Å²) in [6, 6.07) is 9.91. The highest BCUT2D eigenvalue weighted by molar-refractivity contribution is 5.80. The van der Waals surface area contributed by atoms with Crippen LogP contribution in [0.4, 0.5) is 0 Å². The van der Waals surface area contributed by atoms with Gasteiger partial charge in [-0.1, -0.05) is 36.8 Å². The van der Waals surface area contributed by atoms with E-state index in [1.54, 1.807) is 0 Å². The molecule has 3 heteroatoms. The van der Waals surface area contributed by atoms with Gasteiger partial charge in [-0.15, -0.1) is 0 Å². The predicted octanol–water partition coefficient (Wildman–Crippen LogP) is 2.48. The van der Waals surface area contributed by atoms with Crippen molar-refractivity contribution in [1.29, 1.82) is 0 Å². The topological polar surface area (TPSA) is 38.3 Å². The maximum atomic E-state index is 12.2. The number of benzene rings is 1. The second-order valence-corrected chi connectivity index (χ2v) is 5.17. The van der Waals surface area contributed by atoms with E-state index in [0.29, 0.717) is 0 Å². The predicted molar refractivity (Wildman–Crippen MR) is 71.5 cm³/mol. The van der Waals surface area contributed by atoms with Gasteiger partial charge in [0.1, 0.15) is 0 Å². The number of carbonyl (C=O) groups is 1. The third-order valence-corrected chi connectivity index (χ3v) is 3.86. The Hall–Kier alpha value is -1.35. The van der Waals surface area contributed by atoms with E-state index in [9.17, 15) is 4.79 Å². The average molecular weight is 247 g/mol. The fraction of sp³-hybridized carbons (Fsp3) is 0.533. The molecule has 1 aliphatic heterocycles. The molecule has 0 spiro atoms. The van der Waals surface area contributed by atoms with Crippen molar-refractivity contribution >= 4 is 5.97 Å². The minimum Gasteiger partial charge on any atom is -0.468 e. The van der Waals surface area contributed by atoms with Crippen molar-refractivity contribution in [2.24, 2.45) is 0 Å². The molecule has 18 heavy (non-hydrogen) atoms. The lowest BCUT2D eigenvalue weighted by atomic mass is 9.75. The van der Waals surface area contributed by atoms with Crippen molar-refractivity contribution in [3.05, 3.63) is 35.9 Å². The van der Waals surface area contributed by atoms with Crippen LogP contribution in [0.2, 0.25) is 0 Å². The van der Waals surface area contributed by atoms with E-state index < -0.39 is 0 Å². The zero-order valence-corrected chi connectivity index (χ0v) is 11.1. The van der Waals surface area contributed by atoms with Gasteiger partial charge in [0, 0.05) is 5.54 Å². The molecule has 0 aromatic heterocycles. The maximum Gasteiger partial charge on any atom is 0.315 e. The molecule has 1 unspecified atom stereocenters. The third kappa shape index (κ3) is 2.56. The Morgan fingerprint density at radius 1 is 1.33 bits per heavy atom. The number of rotatable bonds is 3. The van der Waals surface area contributed by atoms with Gasteiger partial charge in [-0.2, -0.15) is 0 Å². The molecular weight excluding hydrogens is 226 g/mol. The number of hydrogen-bond donors (Lipinski definition) is 1. The van der Waals surface area contributed by atoms with Crippen LogP contribution in [0.5, 0.6) is 0 Å². The minimum atomic E-state index is -0.232. The van der Waals surface area contributed by atoms with Crippen LogP contribution < -0.4 is 5.32 Å². The zero-order valence-electron chi connectivity index (χ0n) is 11.1. The van der Waals surface area contributed by atoms with Crippen molar-refractivity contribution in [2.75, 3.05) is 13.7 Å². The largest absolute Gasteiger partial charge is 0.468 e. The van der Waals surface area contributed by atoms with Gasteiger partial charge < -0.3 is 10.1 Å². The van der Waals surface area contributed by atoms with Crippen molar-refractivity contribution in [3.63, 3.8) is 0 Å². The van der Waals surface area contributed by atoms with E-state index >= 15 is 0 Å². The molecule has 1 aromatic rings. The van der Waals surface area contributed by atoms with Crippen molar-refractivity contribution in [3.8, 4) is 0 Å². The molecule has 2 rings (SSSR count). The Balaban J connectivity index is 2.33. The van der Waals surface area contributed by atoms with Crippen molar-refractivity contribution in [1.82, 2.24) is 5.32 Å². The number of methoxy groups -OCH3 is 1. The molecule has 0 radical (unpaired) electrons. The Morgan fingerprint density at radius 3 is 2.61 bits per heavy atom. The third-order valence-electron chi connectivity index (χ3n) is 3.86. The summed E-state index contributed by atoms with van der Waals surface area (Å²) < 4.78 is 5.01. The van der Waals surface area contributed by atoms with Gasteiger partial charge in [0.15, 0.2) is 0 Å². The summed E-state index contributed by atoms with van der Waals surface area (Å²) in [7, 11) is 1.46. The lowest BCUT2D eigenvalue weighted by Gasteiger charge is -2.40. The first-order chi connectivity index (χ1) is 8.67. The molecule has 2 atom stereocenters. The fourth-order valence-electron chi connectivity index (χ4n) is 2.85. The number of carbonyl (C=O) groups excluding carboxylic acids is 1. The molecule has 1 heterocycles. The van der Waals surface area contributed by atoms with Crippen LogP contribution in [0.15, 0.2) is 30.3 Å². The number of piperidine rings is 1. The second kappa shape index (κ2) is 5.53. The molecule has 0 amide bonds. The molecule has 0 saturated carbocycles. The van der Waals surface area contributed by atoms with Gasteiger partial charge in [-0.25, -0.2) is 0 Å². The monoisotopic (exact) mass is 247 g/mol. The summed E-state index contributed by atoms with van der Waals surface area (Å²) in [4.78, 5) is 12.2. The first-order valence-corrected chi connectivity index (χ1v) is 6.55. The van der Waals surface area contributed by atoms with E-state index in [4.69, 9.17) is 4.74 Å². The quantitative estimate of drug-likeness (QED) is 0.834. The van der Waals surface area contributed by atoms with Crippen LogP contribution >= 0.6 is 0 Å². The van der Waals surface area contributed by atoms with Crippen LogP contribution in [-0.4, -0.2) is 25.2 Å². The Bertz CT molecular complexity index is 396. The van der Waals surface area contributed by atoms with Gasteiger partial charge in [0.2, 0.25) is 0 Å². The van der Waals surface area contributed by atoms with E-state index in [1.807, 2.05) is 30.3 Å². The minimum absolute atomic E-state index is 0.155. The van der Waals surface area contributed by atoms with Crippen LogP contribution in [0, 0.1) is 0 Å². The highest BCUT2D eigenvalue weighted by Crippen LogP contribution is 2.35. The Labute approximate surface area is 109 Å². The molecule has 98 valence electrons. The summed E-state index contributed by atoms with van der Waals surface area (Å²) in [5, 5.41) is 3.51. The maximum absolute atomic E-state index is 12.2. The standard InChI is InChI=1S/C15H21NO2/c1-15(10-6-7-11-16-15)13(14(17)18-2)12-8-4-3-5-9-12/h3-5,8-9,13,16H,6-7,10-11H2,1-2H3/t13?,15-/m1/s1. The molecular formula is C15H21NO2. The molecule has 1 fully saturated rings. The number of nitrogens with one attached hydrogen (secondary N) is 1. The Kier molecular flexibility index (Phi) is 4.02. The zero-order chi connectivity index (χ0) is 13.0. The fourth-order valence-corrected chi connectivity index (χ4v) is 2.85. The average Bonchev–Trinajstić information content (AvgIpc) is 2.40. The van der Waals surface area contributed by atoms with E-state index in [2.05, 4.69) is 12.2 Å². The van der Waals surface area contributed by atoms with Gasteiger partial charge >= 0.3 is 5.97 Å². The van der Waals surface area contributed by atoms with Gasteiger partial charge in [-0.3, -0.25) is 4.79 Å². The summed E-state index contributed by atoms with van der Waals surface area (Å²) in [6.07, 6.45) is 3.34. The van der Waals surface area contributed by atoms with Gasteiger partial charge in [0.05, 0.1) is 13.0 Å². The molecule has 1 aromatic carbocycles. The lowest BCUT2D eigenvalue weighted by molar-refractivity contribution is -0.144. The first kappa shape index (κ1) is 13.1. The molecule has 1 aliphatic rings. The highest BCUT2D eigenvalue weighted by atomic mass is 16.5. The summed E-state index contributed by atoms with van der Waals surface area (Å²) in [6.45, 7) is 3.09. The molecule has 1 saturated heterocycles. The van der Waals surface area contributed by atoms with Crippen LogP contribution in [0.3, 0.4) is 0 Å². The summed E-state index contributed by atoms with van der Waals surface area (Å²) in [5.41, 5.74) is 0.827. The van der Waals surface area contributed by atoms with Crippen LogP contribution in [0.25, 0.3) is 0 Å². The number of ether oxygens (including phenoxy) is 1. The van der Waals surface area contributed by atoms with Crippen molar-refractivity contribution in [2.45, 2.75) is 37.6 Å². The van der Waals surface area contributed by atoms with Gasteiger partial charge in [-0.05, 0) is 31.9 Å². The van der Waals surface area contributed by atoms with E-state index in [-0.39, 0.29) is 17.4 Å². The number of hydrogen-bond acceptors (Lipinski definition) is 3. The first-order valence-electron chi connectivity index (χ1n) is 6.55. The van der Waals surface area contributed by atoms with Crippen molar-refractivity contribution < 1.29 is 9.53 Å². The molecule has 3 nitrogen and oxygen atoms in total. The number of esters is 1. The SMILES string of the molecule is COC(=O)C(c1ccccc1)[C@@]1(C)CCCCN1. The van der Waals surface area contributed by atoms with Crippen LogP contribution in [-0.2, 0) is 9.53 Å². The summed E-state index contributed by atoms with van der Waals surface area (Å²) >= 11 is 0. The van der Waals surface area contributed by atoms with Crippen LogP contribution in [0.1, 0.15) is 37.7 Å². The van der Waals surface area contributed by atoms with Gasteiger partial charge in [0.25, 0.3) is 0 Å². The Morgan fingerprint density at radius 2 is 2.06 bits per heavy atom. The van der Waals surface area contributed by atoms with E-state index in [0.717, 1.165) is 24.9 Å². The molecule has 1 N–H and O–H groups in total. The smallest absolute Gasteiger partial charge is 0.315 e. The molecule has 0 bridgehead atoms. The lowest BCUT2D eigenvalue weighted by Crippen LogP contribution is -2.53. The molecule has 0 aliphatic carbocycles.